The Hall–Kier alpha value is -4.88. The van der Waals surface area contributed by atoms with Crippen molar-refractivity contribution in [2.75, 3.05) is 4.90 Å². The van der Waals surface area contributed by atoms with E-state index < -0.39 is 0 Å². The second-order valence-corrected chi connectivity index (χ2v) is 9.76. The van der Waals surface area contributed by atoms with Crippen LogP contribution in [0.1, 0.15) is 40.2 Å². The molecule has 0 atom stereocenters. The van der Waals surface area contributed by atoms with Crippen LogP contribution in [0.25, 0.3) is 33.4 Å². The Morgan fingerprint density at radius 1 is 0.326 bits per heavy atom. The molecular weight excluding hydrogens is 518 g/mol. The summed E-state index contributed by atoms with van der Waals surface area (Å²) < 4.78 is 0. The van der Waals surface area contributed by atoms with E-state index in [1.54, 1.807) is 0 Å². The Morgan fingerprint density at radius 2 is 0.581 bits per heavy atom. The summed E-state index contributed by atoms with van der Waals surface area (Å²) in [7, 11) is 0. The van der Waals surface area contributed by atoms with Crippen LogP contribution in [0.2, 0.25) is 0 Å². The largest absolute Gasteiger partial charge is 0.311 e. The monoisotopic (exact) mass is 561 g/mol. The maximum Gasteiger partial charge on any atom is 0.0462 e. The van der Waals surface area contributed by atoms with Gasteiger partial charge in [-0.1, -0.05) is 156 Å². The van der Waals surface area contributed by atoms with Crippen LogP contribution in [0.3, 0.4) is 0 Å². The van der Waals surface area contributed by atoms with Crippen molar-refractivity contribution in [3.8, 4) is 33.4 Å². The fourth-order valence-electron chi connectivity index (χ4n) is 5.05. The molecule has 0 N–H and O–H groups in total. The van der Waals surface area contributed by atoms with E-state index in [1.165, 1.54) is 38.9 Å². The maximum absolute atomic E-state index is 2.33. The van der Waals surface area contributed by atoms with Crippen molar-refractivity contribution in [3.63, 3.8) is 0 Å². The van der Waals surface area contributed by atoms with E-state index in [0.717, 1.165) is 23.5 Å². The molecular formula is C42H43N. The van der Waals surface area contributed by atoms with Gasteiger partial charge in [0.05, 0.1) is 0 Å². The molecule has 1 heteroatoms. The van der Waals surface area contributed by atoms with Gasteiger partial charge in [0.25, 0.3) is 0 Å². The minimum absolute atomic E-state index is 1.06. The number of benzene rings is 6. The molecule has 0 radical (unpaired) electrons. The van der Waals surface area contributed by atoms with E-state index in [2.05, 4.69) is 170 Å². The molecule has 1 nitrogen and oxygen atoms in total. The summed E-state index contributed by atoms with van der Waals surface area (Å²) in [6, 6.07) is 56.5. The minimum Gasteiger partial charge on any atom is -0.311 e. The molecule has 6 aromatic rings. The molecule has 0 saturated carbocycles. The van der Waals surface area contributed by atoms with E-state index in [0.29, 0.717) is 0 Å². The molecule has 0 amide bonds. The number of nitrogens with zero attached hydrogens (tertiary/aromatic N) is 1. The molecule has 0 saturated heterocycles. The van der Waals surface area contributed by atoms with Gasteiger partial charge >= 0.3 is 0 Å². The summed E-state index contributed by atoms with van der Waals surface area (Å²) in [4.78, 5) is 2.33. The van der Waals surface area contributed by atoms with Gasteiger partial charge in [0, 0.05) is 17.1 Å². The zero-order valence-corrected chi connectivity index (χ0v) is 26.2. The van der Waals surface area contributed by atoms with Gasteiger partial charge in [0.2, 0.25) is 0 Å². The molecule has 0 bridgehead atoms. The number of hydrogen-bond acceptors (Lipinski definition) is 1. The summed E-state index contributed by atoms with van der Waals surface area (Å²) in [5.74, 6) is 0. The van der Waals surface area contributed by atoms with Gasteiger partial charge in [-0.3, -0.25) is 0 Å². The first kappa shape index (κ1) is 31.1. The van der Waals surface area contributed by atoms with Crippen molar-refractivity contribution < 1.29 is 0 Å². The second-order valence-electron chi connectivity index (χ2n) is 9.76. The lowest BCUT2D eigenvalue weighted by atomic mass is 10.0. The quantitative estimate of drug-likeness (QED) is 0.187. The fraction of sp³-hybridized carbons (Fsp3) is 0.143. The Morgan fingerprint density at radius 3 is 0.860 bits per heavy atom. The lowest BCUT2D eigenvalue weighted by molar-refractivity contribution is 1.14. The van der Waals surface area contributed by atoms with Gasteiger partial charge in [0.15, 0.2) is 0 Å². The number of hydrogen-bond donors (Lipinski definition) is 0. The number of anilines is 3. The normalized spacial score (nSPS) is 10.1. The van der Waals surface area contributed by atoms with E-state index in [9.17, 15) is 0 Å². The van der Waals surface area contributed by atoms with Crippen molar-refractivity contribution in [2.45, 2.75) is 41.0 Å². The zero-order chi connectivity index (χ0) is 30.4. The first-order valence-corrected chi connectivity index (χ1v) is 15.6. The zero-order valence-electron chi connectivity index (χ0n) is 26.2. The van der Waals surface area contributed by atoms with Crippen LogP contribution in [-0.4, -0.2) is 0 Å². The third kappa shape index (κ3) is 7.70. The van der Waals surface area contributed by atoms with Crippen molar-refractivity contribution in [3.05, 3.63) is 163 Å². The fourth-order valence-corrected chi connectivity index (χ4v) is 5.05. The molecule has 0 heterocycles. The molecule has 0 spiro atoms. The summed E-state index contributed by atoms with van der Waals surface area (Å²) in [5.41, 5.74) is 12.1. The first-order valence-electron chi connectivity index (χ1n) is 15.6. The predicted octanol–water partition coefficient (Wildman–Crippen LogP) is 12.8. The number of aryl methyl sites for hydroxylation is 1. The highest BCUT2D eigenvalue weighted by atomic mass is 15.1. The standard InChI is InChI=1S/C38H31N.2C2H6/c1-2-29-13-15-32(16-14-29)35-21-27-38(28-22-35)39(36-23-17-33(18-24-36)30-9-5-3-6-10-30)37-25-19-34(20-26-37)31-11-7-4-8-12-31;2*1-2/h3-28H,2H2,1H3;2*1-2H3. The lowest BCUT2D eigenvalue weighted by Crippen LogP contribution is -2.09. The lowest BCUT2D eigenvalue weighted by Gasteiger charge is -2.26. The number of rotatable bonds is 7. The molecule has 0 aliphatic heterocycles. The van der Waals surface area contributed by atoms with E-state index in [4.69, 9.17) is 0 Å². The minimum atomic E-state index is 1.06. The molecule has 0 aromatic heterocycles. The van der Waals surface area contributed by atoms with Crippen LogP contribution in [0.5, 0.6) is 0 Å². The molecule has 6 rings (SSSR count). The molecule has 0 aliphatic rings. The van der Waals surface area contributed by atoms with Crippen LogP contribution in [0.15, 0.2) is 158 Å². The van der Waals surface area contributed by atoms with Gasteiger partial charge in [0.1, 0.15) is 0 Å². The molecule has 43 heavy (non-hydrogen) atoms. The highest BCUT2D eigenvalue weighted by molar-refractivity contribution is 5.81. The predicted molar refractivity (Wildman–Crippen MR) is 190 cm³/mol. The maximum atomic E-state index is 2.33. The van der Waals surface area contributed by atoms with Gasteiger partial charge in [-0.25, -0.2) is 0 Å². The van der Waals surface area contributed by atoms with Gasteiger partial charge in [-0.05, 0) is 81.8 Å². The average Bonchev–Trinajstić information content (AvgIpc) is 3.12. The van der Waals surface area contributed by atoms with Crippen molar-refractivity contribution in [1.29, 1.82) is 0 Å². The van der Waals surface area contributed by atoms with Gasteiger partial charge in [-0.15, -0.1) is 0 Å². The SMILES string of the molecule is CC.CC.CCc1ccc(-c2ccc(N(c3ccc(-c4ccccc4)cc3)c3ccc(-c4ccccc4)cc3)cc2)cc1. The van der Waals surface area contributed by atoms with Crippen LogP contribution in [0.4, 0.5) is 17.1 Å². The highest BCUT2D eigenvalue weighted by Gasteiger charge is 2.13. The van der Waals surface area contributed by atoms with Crippen molar-refractivity contribution in [1.82, 2.24) is 0 Å². The average molecular weight is 562 g/mol. The first-order chi connectivity index (χ1) is 21.3. The summed E-state index contributed by atoms with van der Waals surface area (Å²) in [6.45, 7) is 10.2. The smallest absolute Gasteiger partial charge is 0.0462 e. The van der Waals surface area contributed by atoms with Crippen LogP contribution >= 0.6 is 0 Å². The molecule has 6 aromatic carbocycles. The van der Waals surface area contributed by atoms with E-state index >= 15 is 0 Å². The van der Waals surface area contributed by atoms with Crippen LogP contribution < -0.4 is 4.90 Å². The Labute approximate surface area is 259 Å². The summed E-state index contributed by atoms with van der Waals surface area (Å²) in [6.07, 6.45) is 1.06. The van der Waals surface area contributed by atoms with Gasteiger partial charge in [-0.2, -0.15) is 0 Å². The Kier molecular flexibility index (Phi) is 11.5. The second kappa shape index (κ2) is 15.9. The topological polar surface area (TPSA) is 3.24 Å². The Bertz CT molecular complexity index is 1530. The van der Waals surface area contributed by atoms with Crippen molar-refractivity contribution in [2.24, 2.45) is 0 Å². The molecule has 0 unspecified atom stereocenters. The van der Waals surface area contributed by atoms with E-state index in [-0.39, 0.29) is 0 Å². The third-order valence-corrected chi connectivity index (χ3v) is 7.29. The highest BCUT2D eigenvalue weighted by Crippen LogP contribution is 2.37. The Balaban J connectivity index is 0.00000102. The van der Waals surface area contributed by atoms with Crippen molar-refractivity contribution >= 4 is 17.1 Å². The molecule has 216 valence electrons. The van der Waals surface area contributed by atoms with Gasteiger partial charge < -0.3 is 4.90 Å². The van der Waals surface area contributed by atoms with E-state index in [1.807, 2.05) is 27.7 Å². The third-order valence-electron chi connectivity index (χ3n) is 7.29. The molecule has 0 aliphatic carbocycles. The summed E-state index contributed by atoms with van der Waals surface area (Å²) >= 11 is 0. The van der Waals surface area contributed by atoms with Crippen LogP contribution in [-0.2, 0) is 6.42 Å². The summed E-state index contributed by atoms with van der Waals surface area (Å²) in [5, 5.41) is 0. The van der Waals surface area contributed by atoms with Crippen LogP contribution in [0, 0.1) is 0 Å². The molecule has 0 fully saturated rings.